The number of amides is 2. The summed E-state index contributed by atoms with van der Waals surface area (Å²) in [5.74, 6) is 0.480. The number of hydrogen-bond donors (Lipinski definition) is 1. The van der Waals surface area contributed by atoms with Crippen LogP contribution in [0, 0.1) is 0 Å². The summed E-state index contributed by atoms with van der Waals surface area (Å²) in [5.41, 5.74) is 3.54. The van der Waals surface area contributed by atoms with Crippen LogP contribution < -0.4 is 5.32 Å². The van der Waals surface area contributed by atoms with Crippen molar-refractivity contribution in [1.82, 2.24) is 14.9 Å². The number of aromatic nitrogens is 2. The molecule has 2 heterocycles. The summed E-state index contributed by atoms with van der Waals surface area (Å²) in [7, 11) is 0. The van der Waals surface area contributed by atoms with Crippen molar-refractivity contribution in [2.75, 3.05) is 0 Å². The second-order valence-electron chi connectivity index (χ2n) is 6.67. The van der Waals surface area contributed by atoms with Gasteiger partial charge in [-0.2, -0.15) is 0 Å². The predicted octanol–water partition coefficient (Wildman–Crippen LogP) is 6.13. The molecule has 3 aromatic rings. The third-order valence-corrected chi connectivity index (χ3v) is 6.17. The van der Waals surface area contributed by atoms with Gasteiger partial charge >= 0.3 is 0 Å². The Morgan fingerprint density at radius 3 is 2.52 bits per heavy atom. The summed E-state index contributed by atoms with van der Waals surface area (Å²) in [6.07, 6.45) is 3.78. The van der Waals surface area contributed by atoms with Gasteiger partial charge in [-0.3, -0.25) is 14.9 Å². The lowest BCUT2D eigenvalue weighted by Crippen LogP contribution is -2.17. The first-order chi connectivity index (χ1) is 14.0. The average molecular weight is 446 g/mol. The zero-order valence-corrected chi connectivity index (χ0v) is 17.9. The van der Waals surface area contributed by atoms with E-state index in [4.69, 9.17) is 28.2 Å². The third-order valence-electron chi connectivity index (χ3n) is 4.63. The summed E-state index contributed by atoms with van der Waals surface area (Å²) >= 11 is 13.3. The monoisotopic (exact) mass is 445 g/mol. The Morgan fingerprint density at radius 2 is 1.86 bits per heavy atom. The second-order valence-corrected chi connectivity index (χ2v) is 8.50. The molecule has 1 saturated heterocycles. The molecule has 0 bridgehead atoms. The molecule has 0 unspecified atom stereocenters. The highest BCUT2D eigenvalue weighted by atomic mass is 35.5. The number of nitrogens with one attached hydrogen (secondary N) is 1. The summed E-state index contributed by atoms with van der Waals surface area (Å²) in [5, 5.41) is 2.90. The predicted molar refractivity (Wildman–Crippen MR) is 119 cm³/mol. The number of hydrogen-bond acceptors (Lipinski definition) is 4. The number of nitrogens with zero attached hydrogens (tertiary/aromatic N) is 2. The number of imide groups is 1. The number of carbonyl (C=O) groups is 2. The molecule has 0 radical (unpaired) electrons. The van der Waals surface area contributed by atoms with E-state index in [0.717, 1.165) is 59.1 Å². The Balaban J connectivity index is 1.73. The molecule has 1 aliphatic heterocycles. The fraction of sp³-hybridized carbons (Fsp3) is 0.190. The van der Waals surface area contributed by atoms with Crippen LogP contribution in [0.2, 0.25) is 10.0 Å². The van der Waals surface area contributed by atoms with Crippen molar-refractivity contribution in [3.05, 3.63) is 56.9 Å². The van der Waals surface area contributed by atoms with Crippen LogP contribution in [0.4, 0.5) is 4.79 Å². The molecule has 0 atom stereocenters. The second kappa shape index (κ2) is 8.22. The Bertz CT molecular complexity index is 1150. The minimum atomic E-state index is -0.362. The standard InChI is InChI=1S/C21H17Cl2N3O2S/c1-2-3-8-26-17-11-15(23)14(22)10-16(17)24-19(26)13-6-4-12(5-7-13)9-18-20(27)25-21(28)29-18/h4-7,9-11H,2-3,8H2,1H3,(H,25,27,28). The zero-order valence-electron chi connectivity index (χ0n) is 15.5. The van der Waals surface area contributed by atoms with E-state index in [1.165, 1.54) is 0 Å². The quantitative estimate of drug-likeness (QED) is 0.479. The first-order valence-corrected chi connectivity index (χ1v) is 10.7. The van der Waals surface area contributed by atoms with Crippen molar-refractivity contribution in [1.29, 1.82) is 0 Å². The summed E-state index contributed by atoms with van der Waals surface area (Å²) in [6, 6.07) is 11.4. The van der Waals surface area contributed by atoms with E-state index in [0.29, 0.717) is 15.0 Å². The molecule has 29 heavy (non-hydrogen) atoms. The molecule has 1 aromatic heterocycles. The molecule has 2 amide bonds. The molecule has 8 heteroatoms. The number of aryl methyl sites for hydroxylation is 1. The summed E-state index contributed by atoms with van der Waals surface area (Å²) in [6.45, 7) is 2.97. The van der Waals surface area contributed by atoms with E-state index in [1.54, 1.807) is 12.1 Å². The Labute approximate surface area is 182 Å². The Kier molecular flexibility index (Phi) is 5.67. The average Bonchev–Trinajstić information content (AvgIpc) is 3.20. The van der Waals surface area contributed by atoms with Gasteiger partial charge in [0.15, 0.2) is 0 Å². The fourth-order valence-corrected chi connectivity index (χ4v) is 4.18. The van der Waals surface area contributed by atoms with Crippen LogP contribution in [0.15, 0.2) is 41.3 Å². The molecule has 1 aliphatic rings. The lowest BCUT2D eigenvalue weighted by molar-refractivity contribution is -0.115. The number of thioether (sulfide) groups is 1. The highest BCUT2D eigenvalue weighted by Crippen LogP contribution is 2.32. The van der Waals surface area contributed by atoms with Crippen LogP contribution in [-0.2, 0) is 11.3 Å². The van der Waals surface area contributed by atoms with Crippen molar-refractivity contribution >= 4 is 63.2 Å². The number of unbranched alkanes of at least 4 members (excludes halogenated alkanes) is 1. The molecule has 148 valence electrons. The molecule has 4 rings (SSSR count). The van der Waals surface area contributed by atoms with Gasteiger partial charge in [0.05, 0.1) is 26.0 Å². The van der Waals surface area contributed by atoms with Gasteiger partial charge in [0, 0.05) is 12.1 Å². The van der Waals surface area contributed by atoms with Gasteiger partial charge in [0.2, 0.25) is 0 Å². The molecule has 5 nitrogen and oxygen atoms in total. The van der Waals surface area contributed by atoms with E-state index in [9.17, 15) is 9.59 Å². The maximum absolute atomic E-state index is 11.7. The normalized spacial score (nSPS) is 15.5. The number of rotatable bonds is 5. The van der Waals surface area contributed by atoms with Crippen molar-refractivity contribution < 1.29 is 9.59 Å². The minimum absolute atomic E-state index is 0.347. The van der Waals surface area contributed by atoms with Gasteiger partial charge in [-0.15, -0.1) is 0 Å². The number of imidazole rings is 1. The van der Waals surface area contributed by atoms with Gasteiger partial charge in [-0.05, 0) is 42.0 Å². The molecule has 1 N–H and O–H groups in total. The first-order valence-electron chi connectivity index (χ1n) is 9.17. The number of fused-ring (bicyclic) bond motifs is 1. The number of benzene rings is 2. The van der Waals surface area contributed by atoms with Gasteiger partial charge in [-0.1, -0.05) is 60.8 Å². The van der Waals surface area contributed by atoms with Crippen molar-refractivity contribution in [3.63, 3.8) is 0 Å². The van der Waals surface area contributed by atoms with Crippen LogP contribution in [0.5, 0.6) is 0 Å². The molecule has 0 saturated carbocycles. The lowest BCUT2D eigenvalue weighted by Gasteiger charge is -2.09. The Morgan fingerprint density at radius 1 is 1.14 bits per heavy atom. The highest BCUT2D eigenvalue weighted by molar-refractivity contribution is 8.18. The van der Waals surface area contributed by atoms with Crippen LogP contribution in [0.1, 0.15) is 25.3 Å². The number of carbonyl (C=O) groups excluding carboxylic acids is 2. The number of halogens is 2. The molecule has 0 aliphatic carbocycles. The van der Waals surface area contributed by atoms with Crippen LogP contribution in [-0.4, -0.2) is 20.7 Å². The molecular weight excluding hydrogens is 429 g/mol. The van der Waals surface area contributed by atoms with Crippen molar-refractivity contribution in [2.24, 2.45) is 0 Å². The lowest BCUT2D eigenvalue weighted by atomic mass is 10.1. The van der Waals surface area contributed by atoms with Gasteiger partial charge in [0.25, 0.3) is 11.1 Å². The topological polar surface area (TPSA) is 64.0 Å². The van der Waals surface area contributed by atoms with E-state index in [1.807, 2.05) is 30.3 Å². The largest absolute Gasteiger partial charge is 0.324 e. The third kappa shape index (κ3) is 4.06. The van der Waals surface area contributed by atoms with E-state index in [-0.39, 0.29) is 11.1 Å². The van der Waals surface area contributed by atoms with E-state index < -0.39 is 0 Å². The van der Waals surface area contributed by atoms with E-state index in [2.05, 4.69) is 16.8 Å². The smallest absolute Gasteiger partial charge is 0.290 e. The molecular formula is C21H17Cl2N3O2S. The van der Waals surface area contributed by atoms with Gasteiger partial charge in [-0.25, -0.2) is 4.98 Å². The maximum Gasteiger partial charge on any atom is 0.290 e. The van der Waals surface area contributed by atoms with Crippen LogP contribution in [0.25, 0.3) is 28.5 Å². The van der Waals surface area contributed by atoms with E-state index >= 15 is 0 Å². The van der Waals surface area contributed by atoms with Gasteiger partial charge in [0.1, 0.15) is 5.82 Å². The first kappa shape index (κ1) is 20.0. The minimum Gasteiger partial charge on any atom is -0.324 e. The van der Waals surface area contributed by atoms with Crippen LogP contribution >= 0.6 is 35.0 Å². The molecule has 1 fully saturated rings. The fourth-order valence-electron chi connectivity index (χ4n) is 3.18. The molecule has 0 spiro atoms. The summed E-state index contributed by atoms with van der Waals surface area (Å²) in [4.78, 5) is 28.2. The molecule has 2 aromatic carbocycles. The zero-order chi connectivity index (χ0) is 20.5. The van der Waals surface area contributed by atoms with Crippen molar-refractivity contribution in [2.45, 2.75) is 26.3 Å². The SMILES string of the molecule is CCCCn1c(-c2ccc(C=C3SC(=O)NC3=O)cc2)nc2cc(Cl)c(Cl)cc21. The Hall–Kier alpha value is -2.28. The van der Waals surface area contributed by atoms with Gasteiger partial charge < -0.3 is 4.57 Å². The summed E-state index contributed by atoms with van der Waals surface area (Å²) < 4.78 is 2.16. The van der Waals surface area contributed by atoms with Crippen LogP contribution in [0.3, 0.4) is 0 Å². The maximum atomic E-state index is 11.7. The highest BCUT2D eigenvalue weighted by Gasteiger charge is 2.24. The van der Waals surface area contributed by atoms with Crippen molar-refractivity contribution in [3.8, 4) is 11.4 Å².